The summed E-state index contributed by atoms with van der Waals surface area (Å²) in [5.74, 6) is 1.61. The Balaban J connectivity index is 2.06. The molecule has 0 bridgehead atoms. The molecule has 0 saturated heterocycles. The molecule has 2 aromatic carbocycles. The first kappa shape index (κ1) is 17.7. The van der Waals surface area contributed by atoms with E-state index in [1.165, 1.54) is 40.7 Å². The van der Waals surface area contributed by atoms with Gasteiger partial charge in [-0.2, -0.15) is 0 Å². The molecule has 132 valence electrons. The summed E-state index contributed by atoms with van der Waals surface area (Å²) in [6.45, 7) is 10.5. The minimum Gasteiger partial charge on any atom is -0.326 e. The maximum Gasteiger partial charge on any atom is 0.221 e. The van der Waals surface area contributed by atoms with E-state index >= 15 is 0 Å². The van der Waals surface area contributed by atoms with Crippen molar-refractivity contribution in [1.82, 2.24) is 0 Å². The topological polar surface area (TPSA) is 29.1 Å². The molecule has 2 atom stereocenters. The highest BCUT2D eigenvalue weighted by Gasteiger charge is 2.30. The largest absolute Gasteiger partial charge is 0.326 e. The predicted molar refractivity (Wildman–Crippen MR) is 105 cm³/mol. The van der Waals surface area contributed by atoms with Crippen molar-refractivity contribution < 1.29 is 4.79 Å². The molecule has 0 saturated carbocycles. The van der Waals surface area contributed by atoms with Crippen molar-refractivity contribution >= 4 is 11.6 Å². The molecular formula is C23H29NO. The molecule has 3 rings (SSSR count). The number of rotatable bonds is 3. The van der Waals surface area contributed by atoms with Gasteiger partial charge in [-0.3, -0.25) is 4.79 Å². The highest BCUT2D eigenvalue weighted by Crippen LogP contribution is 2.46. The number of fused-ring (bicyclic) bond motifs is 1. The van der Waals surface area contributed by atoms with E-state index in [-0.39, 0.29) is 5.91 Å². The van der Waals surface area contributed by atoms with Gasteiger partial charge >= 0.3 is 0 Å². The zero-order valence-electron chi connectivity index (χ0n) is 16.0. The van der Waals surface area contributed by atoms with Gasteiger partial charge in [0.25, 0.3) is 0 Å². The highest BCUT2D eigenvalue weighted by atomic mass is 16.1. The van der Waals surface area contributed by atoms with Gasteiger partial charge in [0.2, 0.25) is 5.91 Å². The number of benzene rings is 2. The lowest BCUT2D eigenvalue weighted by molar-refractivity contribution is -0.114. The quantitative estimate of drug-likeness (QED) is 0.740. The minimum atomic E-state index is -0.0115. The third kappa shape index (κ3) is 3.63. The molecule has 0 spiro atoms. The van der Waals surface area contributed by atoms with Gasteiger partial charge < -0.3 is 5.32 Å². The first-order valence-electron chi connectivity index (χ1n) is 9.35. The van der Waals surface area contributed by atoms with Gasteiger partial charge in [-0.15, -0.1) is 0 Å². The molecule has 0 aliphatic heterocycles. The van der Waals surface area contributed by atoms with Crippen LogP contribution < -0.4 is 5.32 Å². The average Bonchev–Trinajstić information content (AvgIpc) is 2.55. The lowest BCUT2D eigenvalue weighted by atomic mass is 9.70. The Labute approximate surface area is 151 Å². The summed E-state index contributed by atoms with van der Waals surface area (Å²) in [6.07, 6.45) is 2.39. The Hall–Kier alpha value is -2.09. The van der Waals surface area contributed by atoms with E-state index in [4.69, 9.17) is 0 Å². The lowest BCUT2D eigenvalue weighted by Crippen LogP contribution is -2.20. The average molecular weight is 335 g/mol. The van der Waals surface area contributed by atoms with Crippen LogP contribution in [-0.2, 0) is 4.79 Å². The molecular weight excluding hydrogens is 306 g/mol. The van der Waals surface area contributed by atoms with Gasteiger partial charge in [-0.1, -0.05) is 38.1 Å². The second-order valence-corrected chi connectivity index (χ2v) is 7.85. The van der Waals surface area contributed by atoms with Crippen molar-refractivity contribution in [1.29, 1.82) is 0 Å². The number of hydrogen-bond acceptors (Lipinski definition) is 1. The number of carbonyl (C=O) groups excluding carboxylic acids is 1. The molecule has 1 aliphatic rings. The lowest BCUT2D eigenvalue weighted by Gasteiger charge is -2.34. The van der Waals surface area contributed by atoms with E-state index in [9.17, 15) is 4.79 Å². The standard InChI is InChI=1S/C23H29NO/c1-14(2)20-10-11-21(18-7-6-15(3)16(4)12-18)22-9-8-19(13-23(20)22)24-17(5)25/h6-9,12-14,20-21H,10-11H2,1-5H3,(H,24,25). The molecule has 25 heavy (non-hydrogen) atoms. The van der Waals surface area contributed by atoms with Crippen LogP contribution in [0.5, 0.6) is 0 Å². The molecule has 0 aromatic heterocycles. The smallest absolute Gasteiger partial charge is 0.221 e. The molecule has 0 heterocycles. The van der Waals surface area contributed by atoms with Gasteiger partial charge in [0.1, 0.15) is 0 Å². The van der Waals surface area contributed by atoms with Gasteiger partial charge in [-0.05, 0) is 78.5 Å². The molecule has 0 fully saturated rings. The second-order valence-electron chi connectivity index (χ2n) is 7.85. The molecule has 2 aromatic rings. The Morgan fingerprint density at radius 1 is 1.00 bits per heavy atom. The van der Waals surface area contributed by atoms with Crippen molar-refractivity contribution in [2.75, 3.05) is 5.32 Å². The van der Waals surface area contributed by atoms with Crippen LogP contribution in [0, 0.1) is 19.8 Å². The van der Waals surface area contributed by atoms with Crippen LogP contribution in [-0.4, -0.2) is 5.91 Å². The van der Waals surface area contributed by atoms with Crippen LogP contribution in [0.25, 0.3) is 0 Å². The van der Waals surface area contributed by atoms with E-state index in [0.717, 1.165) is 5.69 Å². The van der Waals surface area contributed by atoms with E-state index < -0.39 is 0 Å². The Morgan fingerprint density at radius 3 is 2.40 bits per heavy atom. The number of nitrogens with one attached hydrogen (secondary N) is 1. The van der Waals surface area contributed by atoms with E-state index in [1.54, 1.807) is 6.92 Å². The van der Waals surface area contributed by atoms with Crippen LogP contribution in [0.2, 0.25) is 0 Å². The Kier molecular flexibility index (Phi) is 4.99. The Bertz CT molecular complexity index is 791. The molecule has 0 radical (unpaired) electrons. The third-order valence-corrected chi connectivity index (χ3v) is 5.69. The fourth-order valence-electron chi connectivity index (χ4n) is 4.17. The van der Waals surface area contributed by atoms with Gasteiger partial charge in [-0.25, -0.2) is 0 Å². The number of hydrogen-bond donors (Lipinski definition) is 1. The molecule has 2 heteroatoms. The summed E-state index contributed by atoms with van der Waals surface area (Å²) >= 11 is 0. The highest BCUT2D eigenvalue weighted by molar-refractivity contribution is 5.88. The van der Waals surface area contributed by atoms with Crippen molar-refractivity contribution in [3.63, 3.8) is 0 Å². The van der Waals surface area contributed by atoms with E-state index in [1.807, 2.05) is 0 Å². The van der Waals surface area contributed by atoms with Gasteiger partial charge in [0, 0.05) is 18.5 Å². The first-order chi connectivity index (χ1) is 11.9. The zero-order chi connectivity index (χ0) is 18.1. The molecule has 1 N–H and O–H groups in total. The number of amides is 1. The fourth-order valence-corrected chi connectivity index (χ4v) is 4.17. The van der Waals surface area contributed by atoms with Crippen molar-refractivity contribution in [2.24, 2.45) is 5.92 Å². The van der Waals surface area contributed by atoms with Crippen LogP contribution in [0.1, 0.15) is 73.3 Å². The number of anilines is 1. The van der Waals surface area contributed by atoms with E-state index in [0.29, 0.717) is 17.8 Å². The fraction of sp³-hybridized carbons (Fsp3) is 0.435. The normalized spacial score (nSPS) is 19.6. The summed E-state index contributed by atoms with van der Waals surface area (Å²) in [5.41, 5.74) is 7.88. The number of aryl methyl sites for hydroxylation is 2. The third-order valence-electron chi connectivity index (χ3n) is 5.69. The zero-order valence-corrected chi connectivity index (χ0v) is 16.0. The molecule has 2 nitrogen and oxygen atoms in total. The van der Waals surface area contributed by atoms with Gasteiger partial charge in [0.15, 0.2) is 0 Å². The minimum absolute atomic E-state index is 0.0115. The van der Waals surface area contributed by atoms with Gasteiger partial charge in [0.05, 0.1) is 0 Å². The van der Waals surface area contributed by atoms with Crippen molar-refractivity contribution in [3.8, 4) is 0 Å². The first-order valence-corrected chi connectivity index (χ1v) is 9.35. The molecule has 1 amide bonds. The maximum atomic E-state index is 11.4. The van der Waals surface area contributed by atoms with Crippen LogP contribution >= 0.6 is 0 Å². The predicted octanol–water partition coefficient (Wildman–Crippen LogP) is 5.93. The summed E-state index contributed by atoms with van der Waals surface area (Å²) in [4.78, 5) is 11.4. The summed E-state index contributed by atoms with van der Waals surface area (Å²) in [7, 11) is 0. The van der Waals surface area contributed by atoms with E-state index in [2.05, 4.69) is 69.4 Å². The molecule has 2 unspecified atom stereocenters. The summed E-state index contributed by atoms with van der Waals surface area (Å²) in [6, 6.07) is 13.4. The second kappa shape index (κ2) is 7.03. The van der Waals surface area contributed by atoms with Crippen LogP contribution in [0.15, 0.2) is 36.4 Å². The molecule has 1 aliphatic carbocycles. The summed E-state index contributed by atoms with van der Waals surface area (Å²) in [5, 5.41) is 2.95. The monoisotopic (exact) mass is 335 g/mol. The van der Waals surface area contributed by atoms with Crippen molar-refractivity contribution in [3.05, 3.63) is 64.2 Å². The Morgan fingerprint density at radius 2 is 1.76 bits per heavy atom. The summed E-state index contributed by atoms with van der Waals surface area (Å²) < 4.78 is 0. The number of carbonyl (C=O) groups is 1. The van der Waals surface area contributed by atoms with Crippen molar-refractivity contribution in [2.45, 2.75) is 59.3 Å². The SMILES string of the molecule is CC(=O)Nc1ccc2c(c1)C(C(C)C)CCC2c1ccc(C)c(C)c1. The van der Waals surface area contributed by atoms with Crippen LogP contribution in [0.4, 0.5) is 5.69 Å². The van der Waals surface area contributed by atoms with Crippen LogP contribution in [0.3, 0.4) is 0 Å². The maximum absolute atomic E-state index is 11.4.